The van der Waals surface area contributed by atoms with Crippen molar-refractivity contribution in [3.63, 3.8) is 0 Å². The van der Waals surface area contributed by atoms with E-state index in [0.717, 1.165) is 0 Å². The molecular formula is C10H15N3O3. The molecule has 0 aromatic heterocycles. The van der Waals surface area contributed by atoms with Gasteiger partial charge in [-0.15, -0.1) is 0 Å². The van der Waals surface area contributed by atoms with Crippen LogP contribution in [0.3, 0.4) is 0 Å². The maximum absolute atomic E-state index is 11.3. The van der Waals surface area contributed by atoms with Gasteiger partial charge in [0.25, 0.3) is 5.91 Å². The lowest BCUT2D eigenvalue weighted by molar-refractivity contribution is -0.145. The number of rotatable bonds is 5. The maximum Gasteiger partial charge on any atom is 0.314 e. The minimum Gasteiger partial charge on any atom is -0.465 e. The number of ether oxygens (including phenoxy) is 1. The largest absolute Gasteiger partial charge is 0.465 e. The summed E-state index contributed by atoms with van der Waals surface area (Å²) >= 11 is 0. The summed E-state index contributed by atoms with van der Waals surface area (Å²) in [5, 5.41) is 11.9. The number of hydrazone groups is 1. The van der Waals surface area contributed by atoms with Gasteiger partial charge in [-0.2, -0.15) is 10.4 Å². The highest BCUT2D eigenvalue weighted by Crippen LogP contribution is 2.01. The van der Waals surface area contributed by atoms with Crippen LogP contribution in [0.25, 0.3) is 0 Å². The Balaban J connectivity index is 4.27. The van der Waals surface area contributed by atoms with Gasteiger partial charge in [-0.3, -0.25) is 9.59 Å². The van der Waals surface area contributed by atoms with Gasteiger partial charge in [-0.1, -0.05) is 0 Å². The molecule has 0 fully saturated rings. The fraction of sp³-hybridized carbons (Fsp3) is 0.600. The van der Waals surface area contributed by atoms with E-state index in [1.165, 1.54) is 0 Å². The zero-order valence-electron chi connectivity index (χ0n) is 9.61. The van der Waals surface area contributed by atoms with Crippen LogP contribution in [0.5, 0.6) is 0 Å². The van der Waals surface area contributed by atoms with Crippen molar-refractivity contribution in [3.05, 3.63) is 0 Å². The van der Waals surface area contributed by atoms with Gasteiger partial charge in [-0.25, -0.2) is 5.43 Å². The standard InChI is InChI=1S/C10H15N3O3/c1-4-16-10(15)7(2)8(3)12-13-9(14)5-6-11/h7H,4-5H2,1-3H3,(H,13,14)/b12-8-/t7-/m1/s1. The van der Waals surface area contributed by atoms with Gasteiger partial charge in [0.05, 0.1) is 18.6 Å². The smallest absolute Gasteiger partial charge is 0.314 e. The van der Waals surface area contributed by atoms with Crippen LogP contribution in [0.2, 0.25) is 0 Å². The first-order valence-electron chi connectivity index (χ1n) is 4.89. The van der Waals surface area contributed by atoms with E-state index in [2.05, 4.69) is 10.5 Å². The normalized spacial score (nSPS) is 12.5. The highest BCUT2D eigenvalue weighted by Gasteiger charge is 2.17. The molecule has 0 aliphatic carbocycles. The number of nitriles is 1. The highest BCUT2D eigenvalue weighted by atomic mass is 16.5. The summed E-state index contributed by atoms with van der Waals surface area (Å²) in [5.41, 5.74) is 2.61. The van der Waals surface area contributed by atoms with E-state index in [4.69, 9.17) is 10.00 Å². The molecule has 0 aromatic rings. The molecule has 0 saturated heterocycles. The Morgan fingerprint density at radius 3 is 2.69 bits per heavy atom. The van der Waals surface area contributed by atoms with Crippen LogP contribution in [0.1, 0.15) is 27.2 Å². The van der Waals surface area contributed by atoms with Gasteiger partial charge in [0.15, 0.2) is 0 Å². The number of nitrogens with zero attached hydrogens (tertiary/aromatic N) is 2. The predicted octanol–water partition coefficient (Wildman–Crippen LogP) is 0.591. The summed E-state index contributed by atoms with van der Waals surface area (Å²) in [6.07, 6.45) is -0.259. The van der Waals surface area contributed by atoms with Crippen LogP contribution in [-0.2, 0) is 14.3 Å². The van der Waals surface area contributed by atoms with Gasteiger partial charge in [-0.05, 0) is 20.8 Å². The van der Waals surface area contributed by atoms with Gasteiger partial charge < -0.3 is 4.74 Å². The predicted molar refractivity (Wildman–Crippen MR) is 57.3 cm³/mol. The molecule has 0 aliphatic rings. The van der Waals surface area contributed by atoms with Crippen LogP contribution < -0.4 is 5.43 Å². The first-order valence-corrected chi connectivity index (χ1v) is 4.89. The molecule has 0 spiro atoms. The van der Waals surface area contributed by atoms with Gasteiger partial charge in [0.2, 0.25) is 0 Å². The second kappa shape index (κ2) is 7.40. The molecule has 1 atom stereocenters. The summed E-state index contributed by atoms with van der Waals surface area (Å²) in [4.78, 5) is 22.2. The Morgan fingerprint density at radius 2 is 2.19 bits per heavy atom. The third-order valence-electron chi connectivity index (χ3n) is 1.86. The van der Waals surface area contributed by atoms with Crippen molar-refractivity contribution in [2.45, 2.75) is 27.2 Å². The molecule has 88 valence electrons. The van der Waals surface area contributed by atoms with Gasteiger partial charge in [0, 0.05) is 5.71 Å². The van der Waals surface area contributed by atoms with Crippen molar-refractivity contribution in [1.82, 2.24) is 5.43 Å². The second-order valence-corrected chi connectivity index (χ2v) is 3.10. The van der Waals surface area contributed by atoms with E-state index in [0.29, 0.717) is 12.3 Å². The Labute approximate surface area is 94.3 Å². The molecular weight excluding hydrogens is 210 g/mol. The number of amides is 1. The number of hydrogen-bond donors (Lipinski definition) is 1. The lowest BCUT2D eigenvalue weighted by Crippen LogP contribution is -2.25. The van der Waals surface area contributed by atoms with E-state index < -0.39 is 17.8 Å². The minimum absolute atomic E-state index is 0.259. The van der Waals surface area contributed by atoms with Crippen LogP contribution in [0.15, 0.2) is 5.10 Å². The summed E-state index contributed by atoms with van der Waals surface area (Å²) in [6, 6.07) is 1.69. The van der Waals surface area contributed by atoms with Crippen molar-refractivity contribution >= 4 is 17.6 Å². The molecule has 0 rings (SSSR count). The molecule has 0 unspecified atom stereocenters. The first kappa shape index (κ1) is 14.1. The average molecular weight is 225 g/mol. The van der Waals surface area contributed by atoms with E-state index in [9.17, 15) is 9.59 Å². The van der Waals surface area contributed by atoms with Crippen molar-refractivity contribution < 1.29 is 14.3 Å². The Hall–Kier alpha value is -1.90. The van der Waals surface area contributed by atoms with Crippen LogP contribution in [0, 0.1) is 17.2 Å². The van der Waals surface area contributed by atoms with E-state index in [-0.39, 0.29) is 6.42 Å². The Kier molecular flexibility index (Phi) is 6.52. The molecule has 0 aliphatic heterocycles. The van der Waals surface area contributed by atoms with Crippen molar-refractivity contribution in [1.29, 1.82) is 5.26 Å². The zero-order valence-corrected chi connectivity index (χ0v) is 9.61. The topological polar surface area (TPSA) is 91.5 Å². The highest BCUT2D eigenvalue weighted by molar-refractivity contribution is 6.00. The van der Waals surface area contributed by atoms with Crippen LogP contribution in [-0.4, -0.2) is 24.2 Å². The number of hydrogen-bond acceptors (Lipinski definition) is 5. The van der Waals surface area contributed by atoms with Crippen molar-refractivity contribution in [2.24, 2.45) is 11.0 Å². The summed E-state index contributed by atoms with van der Waals surface area (Å²) < 4.78 is 4.79. The monoisotopic (exact) mass is 225 g/mol. The van der Waals surface area contributed by atoms with Crippen molar-refractivity contribution in [3.8, 4) is 6.07 Å². The Morgan fingerprint density at radius 1 is 1.56 bits per heavy atom. The Bertz CT molecular complexity index is 331. The molecule has 6 heteroatoms. The fourth-order valence-corrected chi connectivity index (χ4v) is 0.796. The van der Waals surface area contributed by atoms with E-state index in [1.54, 1.807) is 26.8 Å². The third-order valence-corrected chi connectivity index (χ3v) is 1.86. The van der Waals surface area contributed by atoms with Gasteiger partial charge in [0.1, 0.15) is 6.42 Å². The number of carbonyl (C=O) groups is 2. The molecule has 6 nitrogen and oxygen atoms in total. The van der Waals surface area contributed by atoms with Gasteiger partial charge >= 0.3 is 5.97 Å². The molecule has 0 aromatic carbocycles. The van der Waals surface area contributed by atoms with E-state index in [1.807, 2.05) is 0 Å². The third kappa shape index (κ3) is 5.10. The molecule has 1 N–H and O–H groups in total. The first-order chi connectivity index (χ1) is 7.52. The summed E-state index contributed by atoms with van der Waals surface area (Å²) in [5.74, 6) is -1.40. The lowest BCUT2D eigenvalue weighted by Gasteiger charge is -2.09. The average Bonchev–Trinajstić information content (AvgIpc) is 2.25. The van der Waals surface area contributed by atoms with Crippen LogP contribution >= 0.6 is 0 Å². The molecule has 0 heterocycles. The summed E-state index contributed by atoms with van der Waals surface area (Å²) in [7, 11) is 0. The van der Waals surface area contributed by atoms with Crippen molar-refractivity contribution in [2.75, 3.05) is 6.61 Å². The number of esters is 1. The number of carbonyl (C=O) groups excluding carboxylic acids is 2. The zero-order chi connectivity index (χ0) is 12.6. The lowest BCUT2D eigenvalue weighted by atomic mass is 10.1. The minimum atomic E-state index is -0.512. The quantitative estimate of drug-likeness (QED) is 0.421. The molecule has 16 heavy (non-hydrogen) atoms. The molecule has 0 bridgehead atoms. The SMILES string of the molecule is CCOC(=O)[C@H](C)/C(C)=N\NC(=O)CC#N. The number of nitrogens with one attached hydrogen (secondary N) is 1. The molecule has 0 saturated carbocycles. The maximum atomic E-state index is 11.3. The molecule has 0 radical (unpaired) electrons. The van der Waals surface area contributed by atoms with E-state index >= 15 is 0 Å². The molecule has 1 amide bonds. The second-order valence-electron chi connectivity index (χ2n) is 3.10. The van der Waals surface area contributed by atoms with Crippen LogP contribution in [0.4, 0.5) is 0 Å². The fourth-order valence-electron chi connectivity index (χ4n) is 0.796. The summed E-state index contributed by atoms with van der Waals surface area (Å²) in [6.45, 7) is 5.25.